The van der Waals surface area contributed by atoms with E-state index in [1.54, 1.807) is 13.2 Å². The molecule has 1 N–H and O–H groups in total. The number of amides is 2. The molecule has 0 unspecified atom stereocenters. The van der Waals surface area contributed by atoms with Gasteiger partial charge in [0.15, 0.2) is 6.29 Å². The summed E-state index contributed by atoms with van der Waals surface area (Å²) < 4.78 is 10.6. The Hall–Kier alpha value is -4.30. The number of pyridine rings is 2. The number of nitrogens with one attached hydrogen (secondary N) is 1. The maximum Gasteiger partial charge on any atom is 0.328 e. The molecule has 3 aliphatic rings. The number of nitrogens with zero attached hydrogens (tertiary/aromatic N) is 6. The van der Waals surface area contributed by atoms with E-state index in [1.807, 2.05) is 21.8 Å². The van der Waals surface area contributed by atoms with E-state index in [2.05, 4.69) is 21.4 Å². The van der Waals surface area contributed by atoms with Crippen molar-refractivity contribution in [3.8, 4) is 6.07 Å². The zero-order valence-corrected chi connectivity index (χ0v) is 21.0. The zero-order valence-electron chi connectivity index (χ0n) is 21.0. The molecule has 0 atom stereocenters. The largest absolute Gasteiger partial charge is 0.378 e. The minimum Gasteiger partial charge on any atom is -0.378 e. The molecule has 196 valence electrons. The van der Waals surface area contributed by atoms with Gasteiger partial charge in [-0.15, -0.1) is 0 Å². The quantitative estimate of drug-likeness (QED) is 0.443. The van der Waals surface area contributed by atoms with Gasteiger partial charge in [-0.2, -0.15) is 5.26 Å². The molecule has 2 aromatic heterocycles. The summed E-state index contributed by atoms with van der Waals surface area (Å²) in [4.78, 5) is 50.7. The van der Waals surface area contributed by atoms with Gasteiger partial charge in [0.05, 0.1) is 30.6 Å². The van der Waals surface area contributed by atoms with Gasteiger partial charge < -0.3 is 19.3 Å². The number of morpholine rings is 1. The molecule has 3 aliphatic heterocycles. The Morgan fingerprint density at radius 3 is 2.92 bits per heavy atom. The minimum atomic E-state index is -0.427. The number of carbonyl (C=O) groups excluding carboxylic acids is 3. The number of aldehydes is 1. The molecule has 0 spiro atoms. The van der Waals surface area contributed by atoms with Crippen molar-refractivity contribution >= 4 is 35.6 Å². The number of anilines is 3. The fourth-order valence-corrected chi connectivity index (χ4v) is 4.85. The number of methoxy groups -OCH3 is 1. The number of nitriles is 1. The molecule has 0 radical (unpaired) electrons. The van der Waals surface area contributed by atoms with Crippen molar-refractivity contribution in [3.63, 3.8) is 0 Å². The van der Waals surface area contributed by atoms with E-state index < -0.39 is 6.03 Å². The highest BCUT2D eigenvalue weighted by Gasteiger charge is 2.30. The third kappa shape index (κ3) is 4.95. The van der Waals surface area contributed by atoms with Crippen molar-refractivity contribution in [1.82, 2.24) is 14.9 Å². The van der Waals surface area contributed by atoms with Crippen LogP contribution in [0.4, 0.5) is 22.1 Å². The normalized spacial score (nSPS) is 17.3. The highest BCUT2D eigenvalue weighted by Crippen LogP contribution is 2.30. The molecule has 12 nitrogen and oxygen atoms in total. The summed E-state index contributed by atoms with van der Waals surface area (Å²) in [6.45, 7) is 3.22. The molecular formula is C26H27N7O5. The molecule has 5 rings (SSSR count). The minimum absolute atomic E-state index is 0.102. The number of fused-ring (bicyclic) bond motifs is 1. The molecular weight excluding hydrogens is 490 g/mol. The summed E-state index contributed by atoms with van der Waals surface area (Å²) in [7, 11) is 1.65. The van der Waals surface area contributed by atoms with Gasteiger partial charge >= 0.3 is 6.03 Å². The third-order valence-electron chi connectivity index (χ3n) is 7.00. The Morgan fingerprint density at radius 2 is 2.18 bits per heavy atom. The van der Waals surface area contributed by atoms with Gasteiger partial charge in [-0.3, -0.25) is 15.0 Å². The first-order valence-electron chi connectivity index (χ1n) is 12.4. The molecule has 2 saturated heterocycles. The number of aromatic nitrogens is 2. The summed E-state index contributed by atoms with van der Waals surface area (Å²) in [5, 5.41) is 12.3. The van der Waals surface area contributed by atoms with E-state index in [4.69, 9.17) is 9.47 Å². The lowest BCUT2D eigenvalue weighted by molar-refractivity contribution is 0.0718. The molecule has 38 heavy (non-hydrogen) atoms. The number of urea groups is 1. The first-order chi connectivity index (χ1) is 18.5. The fraction of sp³-hybridized carbons (Fsp3) is 0.423. The average Bonchev–Trinajstić information content (AvgIpc) is 2.92. The summed E-state index contributed by atoms with van der Waals surface area (Å²) in [6.07, 6.45) is 3.63. The number of hydrogen-bond donors (Lipinski definition) is 1. The number of aryl methyl sites for hydroxylation is 1. The van der Waals surface area contributed by atoms with Crippen LogP contribution in [0.25, 0.3) is 0 Å². The van der Waals surface area contributed by atoms with Crippen molar-refractivity contribution in [2.45, 2.75) is 25.5 Å². The van der Waals surface area contributed by atoms with E-state index >= 15 is 0 Å². The van der Waals surface area contributed by atoms with Gasteiger partial charge in [-0.25, -0.2) is 19.6 Å². The predicted molar refractivity (Wildman–Crippen MR) is 137 cm³/mol. The van der Waals surface area contributed by atoms with Crippen LogP contribution in [-0.4, -0.2) is 85.7 Å². The lowest BCUT2D eigenvalue weighted by Gasteiger charge is -2.40. The molecule has 2 aromatic rings. The van der Waals surface area contributed by atoms with Crippen LogP contribution in [0.15, 0.2) is 24.0 Å². The Bertz CT molecular complexity index is 1340. The van der Waals surface area contributed by atoms with Crippen LogP contribution in [0, 0.1) is 11.3 Å². The van der Waals surface area contributed by atoms with Gasteiger partial charge in [-0.05, 0) is 24.5 Å². The Labute approximate surface area is 219 Å². The van der Waals surface area contributed by atoms with Crippen molar-refractivity contribution in [1.29, 1.82) is 5.26 Å². The topological polar surface area (TPSA) is 141 Å². The Kier molecular flexibility index (Phi) is 7.33. The number of hydrogen-bond acceptors (Lipinski definition) is 10. The average molecular weight is 518 g/mol. The SMILES string of the molecule is COC1CN(c2cc(NC(=O)N3CCCc4cc(CN5CCOCC5=C=O)c(C=O)nc43)ncc2C#N)C1. The van der Waals surface area contributed by atoms with E-state index in [9.17, 15) is 19.6 Å². The molecule has 2 fully saturated rings. The van der Waals surface area contributed by atoms with Gasteiger partial charge in [0, 0.05) is 57.7 Å². The first kappa shape index (κ1) is 25.4. The smallest absolute Gasteiger partial charge is 0.328 e. The number of rotatable bonds is 6. The fourth-order valence-electron chi connectivity index (χ4n) is 4.85. The maximum atomic E-state index is 13.3. The summed E-state index contributed by atoms with van der Waals surface area (Å²) >= 11 is 0. The molecule has 0 bridgehead atoms. The van der Waals surface area contributed by atoms with Gasteiger partial charge in [0.1, 0.15) is 35.0 Å². The van der Waals surface area contributed by atoms with Crippen LogP contribution in [0.2, 0.25) is 0 Å². The first-order valence-corrected chi connectivity index (χ1v) is 12.4. The van der Waals surface area contributed by atoms with Gasteiger partial charge in [0.2, 0.25) is 0 Å². The lowest BCUT2D eigenvalue weighted by Crippen LogP contribution is -2.52. The Morgan fingerprint density at radius 1 is 1.34 bits per heavy atom. The van der Waals surface area contributed by atoms with E-state index in [1.165, 1.54) is 11.1 Å². The van der Waals surface area contributed by atoms with Crippen molar-refractivity contribution in [3.05, 3.63) is 46.4 Å². The number of ether oxygens (including phenoxy) is 2. The standard InChI is InChI=1S/C26H27N7O5/c1-37-21-12-32(13-21)23-8-24(28-10-19(23)9-27)30-26(36)33-4-2-3-17-7-18(22(15-35)29-25(17)33)11-31-5-6-38-16-20(31)14-34/h7-8,10,15,21H,2-6,11-13,16H2,1H3,(H,28,30,36). The molecule has 5 heterocycles. The molecule has 0 aromatic carbocycles. The van der Waals surface area contributed by atoms with Crippen LogP contribution in [-0.2, 0) is 27.2 Å². The molecule has 0 aliphatic carbocycles. The maximum absolute atomic E-state index is 13.3. The molecule has 2 amide bonds. The summed E-state index contributed by atoms with van der Waals surface area (Å²) in [6, 6.07) is 5.28. The van der Waals surface area contributed by atoms with E-state index in [0.717, 1.165) is 12.0 Å². The Balaban J connectivity index is 1.36. The molecule has 0 saturated carbocycles. The monoisotopic (exact) mass is 517 g/mol. The second-order valence-electron chi connectivity index (χ2n) is 9.30. The van der Waals surface area contributed by atoms with Crippen LogP contribution >= 0.6 is 0 Å². The zero-order chi connectivity index (χ0) is 26.6. The third-order valence-corrected chi connectivity index (χ3v) is 7.00. The van der Waals surface area contributed by atoms with E-state index in [-0.39, 0.29) is 18.4 Å². The van der Waals surface area contributed by atoms with Crippen molar-refractivity contribution in [2.75, 3.05) is 61.6 Å². The van der Waals surface area contributed by atoms with Crippen LogP contribution < -0.4 is 15.1 Å². The summed E-state index contributed by atoms with van der Waals surface area (Å²) in [5.41, 5.74) is 3.23. The van der Waals surface area contributed by atoms with Gasteiger partial charge in [0.25, 0.3) is 0 Å². The molecule has 12 heteroatoms. The summed E-state index contributed by atoms with van der Waals surface area (Å²) in [5.74, 6) is 2.65. The highest BCUT2D eigenvalue weighted by atomic mass is 16.5. The van der Waals surface area contributed by atoms with Crippen LogP contribution in [0.1, 0.15) is 33.6 Å². The second kappa shape index (κ2) is 11.0. The van der Waals surface area contributed by atoms with Crippen LogP contribution in [0.5, 0.6) is 0 Å². The lowest BCUT2D eigenvalue weighted by atomic mass is 10.0. The number of carbonyl (C=O) groups is 2. The van der Waals surface area contributed by atoms with Crippen molar-refractivity contribution in [2.24, 2.45) is 0 Å². The van der Waals surface area contributed by atoms with Gasteiger partial charge in [-0.1, -0.05) is 0 Å². The van der Waals surface area contributed by atoms with E-state index in [0.29, 0.717) is 86.2 Å². The predicted octanol–water partition coefficient (Wildman–Crippen LogP) is 1.53. The van der Waals surface area contributed by atoms with Crippen LogP contribution in [0.3, 0.4) is 0 Å². The second-order valence-corrected chi connectivity index (χ2v) is 9.30. The highest BCUT2D eigenvalue weighted by molar-refractivity contribution is 6.02. The van der Waals surface area contributed by atoms with Crippen molar-refractivity contribution < 1.29 is 23.9 Å².